The number of benzene rings is 1. The van der Waals surface area contributed by atoms with Crippen LogP contribution in [0.2, 0.25) is 0 Å². The molecule has 0 fully saturated rings. The predicted molar refractivity (Wildman–Crippen MR) is 47.9 cm³/mol. The highest BCUT2D eigenvalue weighted by Gasteiger charge is 2.43. The Labute approximate surface area is 85.2 Å². The molecule has 3 nitrogen and oxygen atoms in total. The summed E-state index contributed by atoms with van der Waals surface area (Å²) >= 11 is 0. The van der Waals surface area contributed by atoms with Crippen molar-refractivity contribution in [3.8, 4) is 11.5 Å². The summed E-state index contributed by atoms with van der Waals surface area (Å²) in [4.78, 5) is 0. The van der Waals surface area contributed by atoms with E-state index in [0.717, 1.165) is 0 Å². The quantitative estimate of drug-likeness (QED) is 0.782. The van der Waals surface area contributed by atoms with Crippen LogP contribution in [0, 0.1) is 0 Å². The predicted octanol–water partition coefficient (Wildman–Crippen LogP) is 2.24. The minimum atomic E-state index is -3.61. The van der Waals surface area contributed by atoms with Gasteiger partial charge in [0, 0.05) is 0 Å². The second-order valence-corrected chi connectivity index (χ2v) is 3.89. The third kappa shape index (κ3) is 1.87. The summed E-state index contributed by atoms with van der Waals surface area (Å²) in [6.45, 7) is 3.12. The van der Waals surface area contributed by atoms with Crippen molar-refractivity contribution in [3.63, 3.8) is 0 Å². The summed E-state index contributed by atoms with van der Waals surface area (Å²) in [7, 11) is 0. The molecule has 1 aromatic rings. The van der Waals surface area contributed by atoms with E-state index >= 15 is 0 Å². The van der Waals surface area contributed by atoms with E-state index in [4.69, 9.17) is 0 Å². The van der Waals surface area contributed by atoms with Gasteiger partial charge in [-0.05, 0) is 31.5 Å². The fourth-order valence-corrected chi connectivity index (χ4v) is 1.33. The topological polar surface area (TPSA) is 38.7 Å². The van der Waals surface area contributed by atoms with Crippen LogP contribution in [-0.4, -0.2) is 11.4 Å². The van der Waals surface area contributed by atoms with Crippen molar-refractivity contribution >= 4 is 0 Å². The number of halogens is 2. The van der Waals surface area contributed by atoms with Crippen LogP contribution in [0.15, 0.2) is 18.2 Å². The summed E-state index contributed by atoms with van der Waals surface area (Å²) in [5.41, 5.74) is -0.612. The molecular weight excluding hydrogens is 206 g/mol. The molecule has 0 radical (unpaired) electrons. The molecule has 0 aromatic heterocycles. The molecule has 82 valence electrons. The first kappa shape index (κ1) is 10.2. The Morgan fingerprint density at radius 1 is 1.20 bits per heavy atom. The first-order chi connectivity index (χ1) is 6.78. The molecule has 2 rings (SSSR count). The van der Waals surface area contributed by atoms with Gasteiger partial charge in [-0.1, -0.05) is 6.07 Å². The molecule has 1 aromatic carbocycles. The minimum Gasteiger partial charge on any atom is -0.395 e. The van der Waals surface area contributed by atoms with E-state index in [1.165, 1.54) is 18.2 Å². The van der Waals surface area contributed by atoms with Gasteiger partial charge in [-0.3, -0.25) is 0 Å². The van der Waals surface area contributed by atoms with Crippen molar-refractivity contribution in [1.82, 2.24) is 0 Å². The highest BCUT2D eigenvalue weighted by Crippen LogP contribution is 2.42. The average molecular weight is 216 g/mol. The van der Waals surface area contributed by atoms with E-state index < -0.39 is 11.9 Å². The van der Waals surface area contributed by atoms with Gasteiger partial charge in [0.2, 0.25) is 0 Å². The van der Waals surface area contributed by atoms with Crippen molar-refractivity contribution in [3.05, 3.63) is 23.8 Å². The van der Waals surface area contributed by atoms with E-state index in [1.807, 2.05) is 0 Å². The molecular formula is C10H10F2O3. The zero-order valence-corrected chi connectivity index (χ0v) is 8.25. The third-order valence-corrected chi connectivity index (χ3v) is 2.11. The number of hydrogen-bond acceptors (Lipinski definition) is 3. The van der Waals surface area contributed by atoms with Gasteiger partial charge in [-0.15, -0.1) is 8.78 Å². The molecule has 0 saturated carbocycles. The second kappa shape index (κ2) is 2.82. The lowest BCUT2D eigenvalue weighted by Crippen LogP contribution is -2.26. The zero-order valence-electron chi connectivity index (χ0n) is 8.25. The summed E-state index contributed by atoms with van der Waals surface area (Å²) in [5, 5.41) is 9.67. The van der Waals surface area contributed by atoms with Gasteiger partial charge >= 0.3 is 6.29 Å². The van der Waals surface area contributed by atoms with Crippen LogP contribution >= 0.6 is 0 Å². The molecule has 0 saturated heterocycles. The van der Waals surface area contributed by atoms with E-state index in [-0.39, 0.29) is 11.5 Å². The second-order valence-electron chi connectivity index (χ2n) is 3.89. The van der Waals surface area contributed by atoms with E-state index in [1.54, 1.807) is 13.8 Å². The van der Waals surface area contributed by atoms with Gasteiger partial charge in [0.25, 0.3) is 0 Å². The van der Waals surface area contributed by atoms with E-state index in [0.29, 0.717) is 5.56 Å². The maximum Gasteiger partial charge on any atom is 0.586 e. The summed E-state index contributed by atoms with van der Waals surface area (Å²) in [5.74, 6) is -0.0763. The smallest absolute Gasteiger partial charge is 0.395 e. The van der Waals surface area contributed by atoms with Crippen LogP contribution < -0.4 is 9.47 Å². The molecule has 1 aliphatic rings. The summed E-state index contributed by atoms with van der Waals surface area (Å²) < 4.78 is 33.8. The summed E-state index contributed by atoms with van der Waals surface area (Å²) in [6.07, 6.45) is -3.61. The van der Waals surface area contributed by atoms with Crippen LogP contribution in [0.25, 0.3) is 0 Å². The largest absolute Gasteiger partial charge is 0.586 e. The standard InChI is InChI=1S/C10H10F2O3/c1-9(2,13)6-3-4-7-8(5-6)15-10(11,12)14-7/h3-5,13H,1-2H3. The highest BCUT2D eigenvalue weighted by molar-refractivity contribution is 5.46. The molecule has 0 aliphatic carbocycles. The van der Waals surface area contributed by atoms with E-state index in [9.17, 15) is 13.9 Å². The Morgan fingerprint density at radius 3 is 2.40 bits per heavy atom. The molecule has 0 atom stereocenters. The number of ether oxygens (including phenoxy) is 2. The maximum atomic E-state index is 12.7. The highest BCUT2D eigenvalue weighted by atomic mass is 19.3. The monoisotopic (exact) mass is 216 g/mol. The molecule has 1 aliphatic heterocycles. The first-order valence-electron chi connectivity index (χ1n) is 4.41. The van der Waals surface area contributed by atoms with Crippen molar-refractivity contribution < 1.29 is 23.4 Å². The van der Waals surface area contributed by atoms with Crippen LogP contribution in [0.5, 0.6) is 11.5 Å². The molecule has 0 spiro atoms. The Hall–Kier alpha value is -1.36. The average Bonchev–Trinajstić information content (AvgIpc) is 2.34. The van der Waals surface area contributed by atoms with Crippen LogP contribution in [0.1, 0.15) is 19.4 Å². The number of hydrogen-bond donors (Lipinski definition) is 1. The molecule has 1 N–H and O–H groups in total. The number of alkyl halides is 2. The molecule has 5 heteroatoms. The summed E-state index contributed by atoms with van der Waals surface area (Å²) in [6, 6.07) is 4.21. The minimum absolute atomic E-state index is 0.0204. The number of aliphatic hydroxyl groups is 1. The molecule has 1 heterocycles. The Balaban J connectivity index is 2.39. The number of rotatable bonds is 1. The van der Waals surface area contributed by atoms with Crippen molar-refractivity contribution in [2.24, 2.45) is 0 Å². The lowest BCUT2D eigenvalue weighted by Gasteiger charge is -2.17. The lowest BCUT2D eigenvalue weighted by atomic mass is 9.98. The van der Waals surface area contributed by atoms with E-state index in [2.05, 4.69) is 9.47 Å². The number of fused-ring (bicyclic) bond motifs is 1. The lowest BCUT2D eigenvalue weighted by molar-refractivity contribution is -0.286. The van der Waals surface area contributed by atoms with Crippen LogP contribution in [0.4, 0.5) is 8.78 Å². The Kier molecular flexibility index (Phi) is 1.91. The fourth-order valence-electron chi connectivity index (χ4n) is 1.33. The van der Waals surface area contributed by atoms with Gasteiger partial charge in [0.1, 0.15) is 0 Å². The van der Waals surface area contributed by atoms with Crippen LogP contribution in [-0.2, 0) is 5.60 Å². The van der Waals surface area contributed by atoms with Gasteiger partial charge in [0.15, 0.2) is 11.5 Å². The van der Waals surface area contributed by atoms with Crippen molar-refractivity contribution in [2.45, 2.75) is 25.7 Å². The molecule has 15 heavy (non-hydrogen) atoms. The van der Waals surface area contributed by atoms with Gasteiger partial charge in [-0.25, -0.2) is 0 Å². The molecule has 0 unspecified atom stereocenters. The van der Waals surface area contributed by atoms with Gasteiger partial charge in [0.05, 0.1) is 5.60 Å². The molecule has 0 bridgehead atoms. The van der Waals surface area contributed by atoms with Gasteiger partial charge < -0.3 is 14.6 Å². The van der Waals surface area contributed by atoms with Crippen LogP contribution in [0.3, 0.4) is 0 Å². The van der Waals surface area contributed by atoms with Crippen molar-refractivity contribution in [1.29, 1.82) is 0 Å². The van der Waals surface area contributed by atoms with Gasteiger partial charge in [-0.2, -0.15) is 0 Å². The normalized spacial score (nSPS) is 17.9. The SMILES string of the molecule is CC(C)(O)c1ccc2c(c1)OC(F)(F)O2. The zero-order chi connectivity index (χ0) is 11.3. The maximum absolute atomic E-state index is 12.7. The Bertz CT molecular complexity index is 396. The third-order valence-electron chi connectivity index (χ3n) is 2.11. The fraction of sp³-hybridized carbons (Fsp3) is 0.400. The van der Waals surface area contributed by atoms with Crippen molar-refractivity contribution in [2.75, 3.05) is 0 Å². The Morgan fingerprint density at radius 2 is 1.80 bits per heavy atom. The molecule has 0 amide bonds. The first-order valence-corrected chi connectivity index (χ1v) is 4.41.